The van der Waals surface area contributed by atoms with Crippen molar-refractivity contribution in [3.8, 4) is 0 Å². The Morgan fingerprint density at radius 2 is 2.24 bits per heavy atom. The van der Waals surface area contributed by atoms with E-state index in [2.05, 4.69) is 34.4 Å². The Morgan fingerprint density at radius 1 is 1.48 bits per heavy atom. The number of amides is 2. The quantitative estimate of drug-likeness (QED) is 0.872. The van der Waals surface area contributed by atoms with Gasteiger partial charge in [-0.3, -0.25) is 4.98 Å². The molecule has 0 aliphatic carbocycles. The zero-order chi connectivity index (χ0) is 15.1. The maximum absolute atomic E-state index is 11.9. The molecule has 2 unspecified atom stereocenters. The van der Waals surface area contributed by atoms with Crippen LogP contribution in [0.3, 0.4) is 0 Å². The number of urea groups is 1. The van der Waals surface area contributed by atoms with E-state index in [0.717, 1.165) is 31.1 Å². The zero-order valence-electron chi connectivity index (χ0n) is 13.0. The molecule has 1 aliphatic rings. The van der Waals surface area contributed by atoms with E-state index in [1.54, 1.807) is 12.4 Å². The predicted molar refractivity (Wildman–Crippen MR) is 83.9 cm³/mol. The van der Waals surface area contributed by atoms with E-state index in [0.29, 0.717) is 6.54 Å². The number of hydrogen-bond acceptors (Lipinski definition) is 3. The summed E-state index contributed by atoms with van der Waals surface area (Å²) in [5, 5.41) is 5.88. The maximum atomic E-state index is 11.9. The van der Waals surface area contributed by atoms with Crippen molar-refractivity contribution in [1.29, 1.82) is 0 Å². The second-order valence-corrected chi connectivity index (χ2v) is 6.09. The SMILES string of the molecule is CC1CCCN(CC(C)NC(=O)NCc2ccncc2)C1. The minimum absolute atomic E-state index is 0.107. The first-order valence-electron chi connectivity index (χ1n) is 7.79. The Labute approximate surface area is 127 Å². The van der Waals surface area contributed by atoms with Gasteiger partial charge in [-0.25, -0.2) is 4.79 Å². The van der Waals surface area contributed by atoms with Crippen molar-refractivity contribution in [2.24, 2.45) is 5.92 Å². The molecular weight excluding hydrogens is 264 g/mol. The lowest BCUT2D eigenvalue weighted by molar-refractivity contribution is 0.169. The molecule has 2 N–H and O–H groups in total. The number of likely N-dealkylation sites (tertiary alicyclic amines) is 1. The smallest absolute Gasteiger partial charge is 0.315 e. The molecule has 2 rings (SSSR count). The van der Waals surface area contributed by atoms with Crippen molar-refractivity contribution >= 4 is 6.03 Å². The van der Waals surface area contributed by atoms with Gasteiger partial charge in [-0.05, 0) is 49.9 Å². The highest BCUT2D eigenvalue weighted by Gasteiger charge is 2.18. The summed E-state index contributed by atoms with van der Waals surface area (Å²) in [7, 11) is 0. The van der Waals surface area contributed by atoms with Gasteiger partial charge < -0.3 is 15.5 Å². The third kappa shape index (κ3) is 5.71. The average Bonchev–Trinajstić information content (AvgIpc) is 2.46. The normalized spacial score (nSPS) is 20.8. The van der Waals surface area contributed by atoms with Crippen LogP contribution >= 0.6 is 0 Å². The van der Waals surface area contributed by atoms with Gasteiger partial charge in [0, 0.05) is 38.1 Å². The highest BCUT2D eigenvalue weighted by atomic mass is 16.2. The summed E-state index contributed by atoms with van der Waals surface area (Å²) in [5.41, 5.74) is 1.05. The lowest BCUT2D eigenvalue weighted by atomic mass is 10.00. The van der Waals surface area contributed by atoms with Crippen LogP contribution in [0.4, 0.5) is 4.79 Å². The third-order valence-corrected chi connectivity index (χ3v) is 3.85. The standard InChI is InChI=1S/C16H26N4O/c1-13-4-3-9-20(11-13)12-14(2)19-16(21)18-10-15-5-7-17-8-6-15/h5-8,13-14H,3-4,9-12H2,1-2H3,(H2,18,19,21). The van der Waals surface area contributed by atoms with Crippen LogP contribution in [0.25, 0.3) is 0 Å². The van der Waals surface area contributed by atoms with E-state index in [4.69, 9.17) is 0 Å². The molecule has 5 nitrogen and oxygen atoms in total. The first kappa shape index (κ1) is 15.8. The van der Waals surface area contributed by atoms with Gasteiger partial charge in [0.05, 0.1) is 0 Å². The van der Waals surface area contributed by atoms with E-state index in [1.165, 1.54) is 12.8 Å². The van der Waals surface area contributed by atoms with Crippen molar-refractivity contribution < 1.29 is 4.79 Å². The lowest BCUT2D eigenvalue weighted by Gasteiger charge is -2.32. The van der Waals surface area contributed by atoms with Crippen LogP contribution in [0, 0.1) is 5.92 Å². The van der Waals surface area contributed by atoms with E-state index in [1.807, 2.05) is 12.1 Å². The van der Waals surface area contributed by atoms with Gasteiger partial charge >= 0.3 is 6.03 Å². The molecule has 1 aliphatic heterocycles. The zero-order valence-corrected chi connectivity index (χ0v) is 13.0. The summed E-state index contributed by atoms with van der Waals surface area (Å²) in [6, 6.07) is 3.86. The maximum Gasteiger partial charge on any atom is 0.315 e. The molecule has 1 aromatic heterocycles. The number of hydrogen-bond donors (Lipinski definition) is 2. The number of rotatable bonds is 5. The van der Waals surface area contributed by atoms with Crippen LogP contribution in [0.15, 0.2) is 24.5 Å². The van der Waals surface area contributed by atoms with Crippen molar-refractivity contribution in [2.75, 3.05) is 19.6 Å². The molecule has 0 radical (unpaired) electrons. The van der Waals surface area contributed by atoms with Crippen molar-refractivity contribution in [1.82, 2.24) is 20.5 Å². The lowest BCUT2D eigenvalue weighted by Crippen LogP contribution is -2.47. The van der Waals surface area contributed by atoms with Gasteiger partial charge in [0.15, 0.2) is 0 Å². The molecule has 0 spiro atoms. The fourth-order valence-electron chi connectivity index (χ4n) is 2.84. The summed E-state index contributed by atoms with van der Waals surface area (Å²) in [5.74, 6) is 0.770. The van der Waals surface area contributed by atoms with Crippen molar-refractivity contribution in [3.63, 3.8) is 0 Å². The molecule has 1 fully saturated rings. The molecule has 21 heavy (non-hydrogen) atoms. The fraction of sp³-hybridized carbons (Fsp3) is 0.625. The summed E-state index contributed by atoms with van der Waals surface area (Å²) in [6.07, 6.45) is 6.05. The molecule has 0 aromatic carbocycles. The van der Waals surface area contributed by atoms with Crippen LogP contribution in [0.2, 0.25) is 0 Å². The van der Waals surface area contributed by atoms with Gasteiger partial charge in [-0.1, -0.05) is 6.92 Å². The molecule has 116 valence electrons. The van der Waals surface area contributed by atoms with Crippen LogP contribution in [-0.4, -0.2) is 41.6 Å². The number of aromatic nitrogens is 1. The second kappa shape index (κ2) is 7.98. The summed E-state index contributed by atoms with van der Waals surface area (Å²) in [4.78, 5) is 18.3. The number of nitrogens with zero attached hydrogens (tertiary/aromatic N) is 2. The van der Waals surface area contributed by atoms with Gasteiger partial charge in [0.25, 0.3) is 0 Å². The highest BCUT2D eigenvalue weighted by Crippen LogP contribution is 2.15. The van der Waals surface area contributed by atoms with E-state index < -0.39 is 0 Å². The highest BCUT2D eigenvalue weighted by molar-refractivity contribution is 5.74. The number of carbonyl (C=O) groups excluding carboxylic acids is 1. The number of pyridine rings is 1. The van der Waals surface area contributed by atoms with E-state index in [9.17, 15) is 4.79 Å². The van der Waals surface area contributed by atoms with E-state index >= 15 is 0 Å². The third-order valence-electron chi connectivity index (χ3n) is 3.85. The molecular formula is C16H26N4O. The second-order valence-electron chi connectivity index (χ2n) is 6.09. The van der Waals surface area contributed by atoms with E-state index in [-0.39, 0.29) is 12.1 Å². The molecule has 0 saturated carbocycles. The predicted octanol–water partition coefficient (Wildman–Crippen LogP) is 2.00. The Bertz CT molecular complexity index is 437. The monoisotopic (exact) mass is 290 g/mol. The van der Waals surface area contributed by atoms with Crippen LogP contribution in [-0.2, 0) is 6.54 Å². The van der Waals surface area contributed by atoms with Gasteiger partial charge in [0.2, 0.25) is 0 Å². The topological polar surface area (TPSA) is 57.3 Å². The van der Waals surface area contributed by atoms with Crippen LogP contribution < -0.4 is 10.6 Å². The van der Waals surface area contributed by atoms with Crippen LogP contribution in [0.1, 0.15) is 32.3 Å². The minimum atomic E-state index is -0.107. The van der Waals surface area contributed by atoms with Gasteiger partial charge in [-0.15, -0.1) is 0 Å². The van der Waals surface area contributed by atoms with Crippen molar-refractivity contribution in [3.05, 3.63) is 30.1 Å². The number of piperidine rings is 1. The minimum Gasteiger partial charge on any atom is -0.334 e. The molecule has 0 bridgehead atoms. The average molecular weight is 290 g/mol. The number of carbonyl (C=O) groups is 1. The molecule has 2 heterocycles. The summed E-state index contributed by atoms with van der Waals surface area (Å²) < 4.78 is 0. The molecule has 1 aromatic rings. The van der Waals surface area contributed by atoms with Crippen molar-refractivity contribution in [2.45, 2.75) is 39.3 Å². The fourth-order valence-corrected chi connectivity index (χ4v) is 2.84. The largest absolute Gasteiger partial charge is 0.334 e. The Morgan fingerprint density at radius 3 is 2.95 bits per heavy atom. The Balaban J connectivity index is 1.67. The molecule has 5 heteroatoms. The molecule has 1 saturated heterocycles. The molecule has 2 atom stereocenters. The van der Waals surface area contributed by atoms with Crippen LogP contribution in [0.5, 0.6) is 0 Å². The Hall–Kier alpha value is -1.62. The molecule has 2 amide bonds. The van der Waals surface area contributed by atoms with Gasteiger partial charge in [0.1, 0.15) is 0 Å². The van der Waals surface area contributed by atoms with Gasteiger partial charge in [-0.2, -0.15) is 0 Å². The first-order valence-corrected chi connectivity index (χ1v) is 7.79. The number of nitrogens with one attached hydrogen (secondary N) is 2. The Kier molecular flexibility index (Phi) is 5.99. The summed E-state index contributed by atoms with van der Waals surface area (Å²) >= 11 is 0. The summed E-state index contributed by atoms with van der Waals surface area (Å²) in [6.45, 7) is 8.10. The first-order chi connectivity index (χ1) is 10.1.